The zero-order chi connectivity index (χ0) is 91.7. The molecule has 4 fully saturated rings. The summed E-state index contributed by atoms with van der Waals surface area (Å²) >= 11 is 0. The number of fused-ring (bicyclic) bond motifs is 12. The molecule has 0 saturated carbocycles. The smallest absolute Gasteiger partial charge is 0.407 e. The molecule has 0 spiro atoms. The molecule has 8 N–H and O–H groups in total. The van der Waals surface area contributed by atoms with Crippen molar-refractivity contribution in [2.24, 2.45) is 23.7 Å². The van der Waals surface area contributed by atoms with Crippen molar-refractivity contribution in [3.05, 3.63) is 204 Å². The van der Waals surface area contributed by atoms with Crippen LogP contribution in [0.15, 0.2) is 158 Å². The van der Waals surface area contributed by atoms with Crippen molar-refractivity contribution in [3.8, 4) is 56.3 Å². The molecule has 8 aromatic carbocycles. The first-order valence-electron chi connectivity index (χ1n) is 45.2. The summed E-state index contributed by atoms with van der Waals surface area (Å²) in [5, 5.41) is 15.1. The average Bonchev–Trinajstić information content (AvgIpc) is 1.48. The summed E-state index contributed by atoms with van der Waals surface area (Å²) in [7, 11) is 7.19. The highest BCUT2D eigenvalue weighted by Gasteiger charge is 2.47. The van der Waals surface area contributed by atoms with E-state index in [4.69, 9.17) is 53.1 Å². The van der Waals surface area contributed by atoms with Gasteiger partial charge in [0.25, 0.3) is 5.91 Å². The number of aromatic amines is 4. The summed E-state index contributed by atoms with van der Waals surface area (Å²) in [5.74, 6) is 3.26. The number of amides is 8. The molecule has 131 heavy (non-hydrogen) atoms. The zero-order valence-electron chi connectivity index (χ0n) is 75.7. The van der Waals surface area contributed by atoms with E-state index < -0.39 is 42.4 Å². The molecule has 10 heterocycles. The molecule has 6 aliphatic rings. The van der Waals surface area contributed by atoms with Gasteiger partial charge in [-0.25, -0.2) is 34.3 Å². The number of imidazole rings is 4. The van der Waals surface area contributed by atoms with Gasteiger partial charge >= 0.3 is 18.3 Å². The fourth-order valence-corrected chi connectivity index (χ4v) is 19.9. The van der Waals surface area contributed by atoms with Crippen LogP contribution >= 0.6 is 0 Å². The average molecular weight is 1780 g/mol. The quantitative estimate of drug-likeness (QED) is 0.0260. The van der Waals surface area contributed by atoms with Crippen LogP contribution in [0.2, 0.25) is 0 Å². The summed E-state index contributed by atoms with van der Waals surface area (Å²) in [6.45, 7) is 16.2. The van der Waals surface area contributed by atoms with Gasteiger partial charge in [0.2, 0.25) is 23.6 Å². The first-order valence-corrected chi connectivity index (χ1v) is 45.2. The number of hydrogen-bond donors (Lipinski definition) is 8. The summed E-state index contributed by atoms with van der Waals surface area (Å²) in [6, 6.07) is 43.2. The largest absolute Gasteiger partial charge is 0.488 e. The Morgan fingerprint density at radius 1 is 0.466 bits per heavy atom. The van der Waals surface area contributed by atoms with Gasteiger partial charge in [-0.05, 0) is 168 Å². The van der Waals surface area contributed by atoms with E-state index in [2.05, 4.69) is 114 Å². The number of aromatic nitrogens is 8. The number of H-pyrrole nitrogens is 4. The molecule has 8 amide bonds. The van der Waals surface area contributed by atoms with Crippen LogP contribution in [0.5, 0.6) is 11.5 Å². The van der Waals surface area contributed by atoms with Crippen LogP contribution in [0.3, 0.4) is 0 Å². The third-order valence-electron chi connectivity index (χ3n) is 27.0. The molecule has 4 saturated heterocycles. The number of ether oxygens (including phenoxy) is 7. The van der Waals surface area contributed by atoms with Crippen LogP contribution < -0.4 is 30.7 Å². The number of hydrogen-bond acceptors (Lipinski definition) is 19. The van der Waals surface area contributed by atoms with E-state index in [1.54, 1.807) is 32.2 Å². The topological polar surface area (TPSA) is 377 Å². The van der Waals surface area contributed by atoms with Crippen molar-refractivity contribution in [1.29, 1.82) is 0 Å². The van der Waals surface area contributed by atoms with Crippen molar-refractivity contribution in [1.82, 2.24) is 80.7 Å². The molecule has 0 bridgehead atoms. The number of rotatable bonds is 24. The number of carbonyl (C=O) groups is 8. The van der Waals surface area contributed by atoms with Gasteiger partial charge < -0.3 is 94.0 Å². The highest BCUT2D eigenvalue weighted by Crippen LogP contribution is 2.49. The standard InChI is InChI=1S/C51H58N8O7.C49H54N8O8/c1-7-28(3)44(57-51(63)65-6)50(62)59-29(4)14-19-40(59)47-52-24-39(54-47)33-15-17-35-34(21-33)27-66-42-23-36-32(22-37(35)42)16-18-38-46(36)56-48(53-38)41-20-30(26-64-5)25-58(41)49(61)45(55-43(60)8-2)31-12-10-9-11-13-31;1-26(2)41(54-48(60)63-5)47(59)57-27(3)12-17-38(57)45-51-36-16-14-30-20-35-33-15-13-31(19-32(33)25-65-40(35)21-34(30)43(36)53-45)37-22-50-44(52-37)39-18-28(24-62-4)23-56(39)46(58)42(55-49(61)64-6)29-10-8-7-9-11-29/h9-13,15-18,21-24,28-30,40-41,44-45H,7-8,14,19-20,25-27H2,1-6H3,(H,52,54)(H,53,56)(H,55,60)(H,57,63);7-11,13-16,19-22,26-28,38-39,41-42H,12,17-18,23-25H2,1-6H3,(H,50,52)(H,51,53)(H,54,60)(H,55,61)/t28-,29-,30-,40-,41-,44?,45+;27-,28-,38-,39-,41-,42+/m00/s1. The van der Waals surface area contributed by atoms with Crippen LogP contribution in [0.1, 0.15) is 182 Å². The van der Waals surface area contributed by atoms with Crippen molar-refractivity contribution < 1.29 is 71.5 Å². The van der Waals surface area contributed by atoms with Crippen molar-refractivity contribution >= 4 is 91.4 Å². The Kier molecular flexibility index (Phi) is 26.0. The molecule has 0 radical (unpaired) electrons. The summed E-state index contributed by atoms with van der Waals surface area (Å²) in [5.41, 5.74) is 14.4. The Morgan fingerprint density at radius 3 is 1.36 bits per heavy atom. The highest BCUT2D eigenvalue weighted by molar-refractivity contribution is 6.09. The number of alkyl carbamates (subject to hydrolysis) is 3. The fourth-order valence-electron chi connectivity index (χ4n) is 19.9. The summed E-state index contributed by atoms with van der Waals surface area (Å²) in [4.78, 5) is 148. The maximum absolute atomic E-state index is 14.5. The number of nitrogens with one attached hydrogen (secondary N) is 8. The number of benzene rings is 8. The lowest BCUT2D eigenvalue weighted by Crippen LogP contribution is -2.53. The first kappa shape index (κ1) is 89.3. The van der Waals surface area contributed by atoms with Gasteiger partial charge in [-0.3, -0.25) is 24.0 Å². The monoisotopic (exact) mass is 1780 g/mol. The second kappa shape index (κ2) is 38.2. The predicted molar refractivity (Wildman–Crippen MR) is 493 cm³/mol. The van der Waals surface area contributed by atoms with Crippen LogP contribution in [-0.2, 0) is 60.9 Å². The van der Waals surface area contributed by atoms with Gasteiger partial charge in [-0.1, -0.05) is 138 Å². The van der Waals surface area contributed by atoms with Crippen LogP contribution in [0.4, 0.5) is 14.4 Å². The Bertz CT molecular complexity index is 6310. The first-order chi connectivity index (χ1) is 63.4. The third kappa shape index (κ3) is 17.8. The number of likely N-dealkylation sites (tertiary alicyclic amines) is 4. The van der Waals surface area contributed by atoms with E-state index in [1.807, 2.05) is 135 Å². The van der Waals surface area contributed by atoms with Gasteiger partial charge in [0, 0.05) is 79.5 Å². The molecule has 682 valence electrons. The van der Waals surface area contributed by atoms with Gasteiger partial charge in [0.1, 0.15) is 72.2 Å². The molecule has 31 heteroatoms. The van der Waals surface area contributed by atoms with E-state index in [1.165, 1.54) is 21.3 Å². The summed E-state index contributed by atoms with van der Waals surface area (Å²) in [6.07, 6.45) is 7.05. The van der Waals surface area contributed by atoms with Crippen molar-refractivity contribution in [2.45, 2.75) is 173 Å². The molecule has 12 aromatic rings. The number of methoxy groups -OCH3 is 5. The molecule has 4 aromatic heterocycles. The normalized spacial score (nSPS) is 20.2. The third-order valence-corrected chi connectivity index (χ3v) is 27.0. The maximum atomic E-state index is 14.5. The Balaban J connectivity index is 0.000000183. The Morgan fingerprint density at radius 2 is 0.901 bits per heavy atom. The molecule has 31 nitrogen and oxygen atoms in total. The van der Waals surface area contributed by atoms with Gasteiger partial charge in [-0.2, -0.15) is 0 Å². The van der Waals surface area contributed by atoms with E-state index in [9.17, 15) is 38.4 Å². The molecular formula is C100H112N16O15. The zero-order valence-corrected chi connectivity index (χ0v) is 75.7. The van der Waals surface area contributed by atoms with Gasteiger partial charge in [-0.15, -0.1) is 0 Å². The number of nitrogens with zero attached hydrogens (tertiary/aromatic N) is 8. The maximum Gasteiger partial charge on any atom is 0.407 e. The van der Waals surface area contributed by atoms with Gasteiger partial charge in [0.15, 0.2) is 0 Å². The minimum Gasteiger partial charge on any atom is -0.488 e. The molecular weight excluding hydrogens is 1670 g/mol. The van der Waals surface area contributed by atoms with E-state index >= 15 is 0 Å². The lowest BCUT2D eigenvalue weighted by atomic mass is 9.92. The Hall–Kier alpha value is -13.7. The van der Waals surface area contributed by atoms with E-state index in [-0.39, 0.29) is 95.9 Å². The SMILES string of the molecule is CCC(=O)N[C@@H](C(=O)N1C[C@@H](COC)C[C@H]1c1nc2c(ccc3cc4c(cc32)OCc2cc(-c3cnc([C@@H]5CC[C@H](C)N5C(=O)C(NC(=O)OC)[C@@H](C)CC)[nH]3)ccc2-4)[nH]1)c1ccccc1.COC[C@H]1C[C@@H](c2ncc(-c3ccc4c(c3)COc3cc5c(ccc6[nH]c([C@@H]7CC[C@H](C)N7C(=O)[C@@H](NC(=O)OC)C(C)C)nc65)cc3-4)[nH]2)N(C(=O)[C@H](NC(=O)OC)c2ccccc2)C1. The number of carbonyl (C=O) groups excluding carboxylic acids is 8. The van der Waals surface area contributed by atoms with Crippen LogP contribution in [0, 0.1) is 23.7 Å². The minimum atomic E-state index is -0.948. The van der Waals surface area contributed by atoms with E-state index in [0.29, 0.717) is 81.2 Å². The predicted octanol–water partition coefficient (Wildman–Crippen LogP) is 16.0. The lowest BCUT2D eigenvalue weighted by Gasteiger charge is -2.33. The van der Waals surface area contributed by atoms with Crippen LogP contribution in [-0.4, -0.2) is 193 Å². The molecule has 1 unspecified atom stereocenters. The molecule has 0 aliphatic carbocycles. The fraction of sp³-hybridized carbons (Fsp3) is 0.400. The second-order valence-electron chi connectivity index (χ2n) is 35.6. The summed E-state index contributed by atoms with van der Waals surface area (Å²) < 4.78 is 38.6. The minimum absolute atomic E-state index is 0.0207. The van der Waals surface area contributed by atoms with Crippen molar-refractivity contribution in [3.63, 3.8) is 0 Å². The Labute approximate surface area is 758 Å². The van der Waals surface area contributed by atoms with E-state index in [0.717, 1.165) is 149 Å². The second-order valence-corrected chi connectivity index (χ2v) is 35.6. The molecule has 18 rings (SSSR count). The van der Waals surface area contributed by atoms with Crippen molar-refractivity contribution in [2.75, 3.05) is 61.9 Å². The van der Waals surface area contributed by atoms with Gasteiger partial charge in [0.05, 0.1) is 105 Å². The lowest BCUT2D eigenvalue weighted by molar-refractivity contribution is -0.138. The molecule has 6 aliphatic heterocycles. The van der Waals surface area contributed by atoms with Crippen LogP contribution in [0.25, 0.3) is 88.4 Å². The highest BCUT2D eigenvalue weighted by atomic mass is 16.5. The molecule has 13 atom stereocenters.